The fourth-order valence-electron chi connectivity index (χ4n) is 1.68. The molecule has 108 valence electrons. The third kappa shape index (κ3) is 3.86. The van der Waals surface area contributed by atoms with Gasteiger partial charge in [-0.2, -0.15) is 0 Å². The largest absolute Gasteiger partial charge is 0.478 e. The molecule has 1 amide bonds. The Morgan fingerprint density at radius 1 is 1.00 bits per heavy atom. The van der Waals surface area contributed by atoms with Gasteiger partial charge in [0.05, 0.1) is 14.8 Å². The highest BCUT2D eigenvalue weighted by molar-refractivity contribution is 14.1. The Hall–Kier alpha value is -0.430. The van der Waals surface area contributed by atoms with Gasteiger partial charge in [0.2, 0.25) is 0 Å². The van der Waals surface area contributed by atoms with E-state index in [4.69, 9.17) is 0 Å². The summed E-state index contributed by atoms with van der Waals surface area (Å²) in [6.45, 7) is 0. The topological polar surface area (TPSA) is 66.4 Å². The van der Waals surface area contributed by atoms with Crippen LogP contribution >= 0.6 is 67.8 Å². The third-order valence-electron chi connectivity index (χ3n) is 2.66. The summed E-state index contributed by atoms with van der Waals surface area (Å²) < 4.78 is 1.97. The quantitative estimate of drug-likeness (QED) is 0.500. The van der Waals surface area contributed by atoms with Crippen molar-refractivity contribution in [3.05, 3.63) is 58.2 Å². The van der Waals surface area contributed by atoms with Crippen LogP contribution < -0.4 is 5.32 Å². The van der Waals surface area contributed by atoms with Crippen molar-refractivity contribution in [2.45, 2.75) is 0 Å². The van der Waals surface area contributed by atoms with Gasteiger partial charge in [-0.3, -0.25) is 4.79 Å². The molecule has 4 nitrogen and oxygen atoms in total. The lowest BCUT2D eigenvalue weighted by Gasteiger charge is -2.13. The normalized spacial score (nSPS) is 10.2. The van der Waals surface area contributed by atoms with Crippen molar-refractivity contribution < 1.29 is 14.7 Å². The smallest absolute Gasteiger partial charge is 0.337 e. The first kappa shape index (κ1) is 16.9. The number of benzene rings is 2. The Balaban J connectivity index is 2.43. The van der Waals surface area contributed by atoms with E-state index in [1.165, 1.54) is 0 Å². The molecule has 2 rings (SSSR count). The Morgan fingerprint density at radius 2 is 1.62 bits per heavy atom. The van der Waals surface area contributed by atoms with E-state index in [0.717, 1.165) is 3.57 Å². The molecule has 0 radical (unpaired) electrons. The van der Waals surface area contributed by atoms with Crippen molar-refractivity contribution in [2.75, 3.05) is 5.32 Å². The van der Waals surface area contributed by atoms with Gasteiger partial charge in [-0.1, -0.05) is 18.2 Å². The van der Waals surface area contributed by atoms with Gasteiger partial charge in [-0.25, -0.2) is 4.79 Å². The van der Waals surface area contributed by atoms with Crippen molar-refractivity contribution in [1.29, 1.82) is 0 Å². The average molecular weight is 619 g/mol. The first-order valence-corrected chi connectivity index (χ1v) is 8.92. The van der Waals surface area contributed by atoms with Gasteiger partial charge in [0, 0.05) is 12.7 Å². The van der Waals surface area contributed by atoms with Gasteiger partial charge >= 0.3 is 5.97 Å². The molecule has 2 aromatic carbocycles. The minimum atomic E-state index is -1.00. The molecule has 0 fully saturated rings. The Morgan fingerprint density at radius 3 is 2.19 bits per heavy atom. The molecule has 0 saturated heterocycles. The monoisotopic (exact) mass is 619 g/mol. The maximum absolute atomic E-state index is 12.2. The number of carbonyl (C=O) groups excluding carboxylic acids is 1. The van der Waals surface area contributed by atoms with Crippen molar-refractivity contribution in [2.24, 2.45) is 0 Å². The lowest BCUT2D eigenvalue weighted by Crippen LogP contribution is -2.16. The second-order valence-electron chi connectivity index (χ2n) is 4.03. The number of rotatable bonds is 3. The lowest BCUT2D eigenvalue weighted by molar-refractivity contribution is 0.0694. The van der Waals surface area contributed by atoms with Gasteiger partial charge in [0.25, 0.3) is 5.91 Å². The van der Waals surface area contributed by atoms with E-state index < -0.39 is 5.97 Å². The number of hydrogen-bond acceptors (Lipinski definition) is 2. The highest BCUT2D eigenvalue weighted by atomic mass is 127. The van der Waals surface area contributed by atoms with Crippen molar-refractivity contribution in [3.63, 3.8) is 0 Å². The van der Waals surface area contributed by atoms with Gasteiger partial charge in [-0.15, -0.1) is 0 Å². The molecule has 0 aliphatic heterocycles. The summed E-state index contributed by atoms with van der Waals surface area (Å²) in [4.78, 5) is 23.6. The van der Waals surface area contributed by atoms with Crippen LogP contribution in [0.5, 0.6) is 0 Å². The fourth-order valence-corrected chi connectivity index (χ4v) is 5.78. The summed E-state index contributed by atoms with van der Waals surface area (Å²) in [5.74, 6) is -1.26. The van der Waals surface area contributed by atoms with Gasteiger partial charge in [-0.05, 0) is 86.0 Å². The number of carboxylic acid groups (broad SMARTS) is 1. The molecular weight excluding hydrogens is 611 g/mol. The van der Waals surface area contributed by atoms with E-state index in [9.17, 15) is 14.7 Å². The van der Waals surface area contributed by atoms with E-state index in [1.807, 2.05) is 51.2 Å². The Labute approximate surface area is 162 Å². The molecule has 0 atom stereocenters. The molecule has 0 heterocycles. The maximum Gasteiger partial charge on any atom is 0.337 e. The number of anilines is 1. The average Bonchev–Trinajstić information content (AvgIpc) is 2.43. The summed E-state index contributed by atoms with van der Waals surface area (Å²) >= 11 is 6.03. The minimum absolute atomic E-state index is 0.208. The summed E-state index contributed by atoms with van der Waals surface area (Å²) in [5.41, 5.74) is 1.27. The van der Waals surface area contributed by atoms with Gasteiger partial charge in [0.1, 0.15) is 0 Å². The molecule has 0 saturated carbocycles. The molecule has 2 aromatic rings. The lowest BCUT2D eigenvalue weighted by atomic mass is 10.1. The van der Waals surface area contributed by atoms with Crippen molar-refractivity contribution in [1.82, 2.24) is 0 Å². The van der Waals surface area contributed by atoms with E-state index in [0.29, 0.717) is 18.4 Å². The third-order valence-corrected chi connectivity index (χ3v) is 5.44. The molecule has 2 N–H and O–H groups in total. The van der Waals surface area contributed by atoms with Crippen LogP contribution in [0.15, 0.2) is 36.4 Å². The molecule has 0 aromatic heterocycles. The van der Waals surface area contributed by atoms with Crippen LogP contribution in [0.2, 0.25) is 0 Å². The van der Waals surface area contributed by atoms with Gasteiger partial charge < -0.3 is 10.4 Å². The van der Waals surface area contributed by atoms with Crippen molar-refractivity contribution >= 4 is 85.3 Å². The van der Waals surface area contributed by atoms with Crippen LogP contribution in [0.3, 0.4) is 0 Å². The zero-order chi connectivity index (χ0) is 15.6. The standard InChI is InChI=1S/C14H8I3NO3/c15-8-6-9(16)12(11(17)10(8)14(20)21)18-13(19)7-4-2-1-3-5-7/h1-6H,(H,18,19)(H,20,21). The Kier molecular flexibility index (Phi) is 5.82. The molecular formula is C14H8I3NO3. The fraction of sp³-hybridized carbons (Fsp3) is 0. The number of halogens is 3. The molecule has 21 heavy (non-hydrogen) atoms. The van der Waals surface area contributed by atoms with Crippen LogP contribution in [0.25, 0.3) is 0 Å². The van der Waals surface area contributed by atoms with E-state index in [2.05, 4.69) is 27.9 Å². The molecule has 0 aliphatic carbocycles. The number of carbonyl (C=O) groups is 2. The van der Waals surface area contributed by atoms with Crippen LogP contribution in [0, 0.1) is 10.7 Å². The predicted molar refractivity (Wildman–Crippen MR) is 106 cm³/mol. The summed E-state index contributed by atoms with van der Waals surface area (Å²) in [6.07, 6.45) is 0. The van der Waals surface area contributed by atoms with Crippen LogP contribution in [0.4, 0.5) is 5.69 Å². The number of amides is 1. The first-order chi connectivity index (χ1) is 9.91. The second kappa shape index (κ2) is 7.22. The highest BCUT2D eigenvalue weighted by Gasteiger charge is 2.20. The molecule has 0 spiro atoms. The number of hydrogen-bond donors (Lipinski definition) is 2. The molecule has 0 aliphatic rings. The first-order valence-electron chi connectivity index (χ1n) is 5.69. The van der Waals surface area contributed by atoms with Crippen molar-refractivity contribution in [3.8, 4) is 0 Å². The van der Waals surface area contributed by atoms with Gasteiger partial charge in [0.15, 0.2) is 0 Å². The zero-order valence-corrected chi connectivity index (χ0v) is 16.8. The number of nitrogens with one attached hydrogen (secondary N) is 1. The van der Waals surface area contributed by atoms with Crippen LogP contribution in [-0.2, 0) is 0 Å². The summed E-state index contributed by atoms with van der Waals surface area (Å²) in [7, 11) is 0. The van der Waals surface area contributed by atoms with Crippen LogP contribution in [-0.4, -0.2) is 17.0 Å². The summed E-state index contributed by atoms with van der Waals surface area (Å²) in [5, 5.41) is 12.1. The minimum Gasteiger partial charge on any atom is -0.478 e. The maximum atomic E-state index is 12.2. The highest BCUT2D eigenvalue weighted by Crippen LogP contribution is 2.32. The molecule has 7 heteroatoms. The number of aromatic carboxylic acids is 1. The Bertz CT molecular complexity index is 717. The van der Waals surface area contributed by atoms with E-state index in [1.54, 1.807) is 30.3 Å². The van der Waals surface area contributed by atoms with E-state index >= 15 is 0 Å². The predicted octanol–water partition coefficient (Wildman–Crippen LogP) is 4.45. The zero-order valence-electron chi connectivity index (χ0n) is 10.4. The second-order valence-corrected chi connectivity index (χ2v) is 7.43. The number of carboxylic acids is 1. The molecule has 0 unspecified atom stereocenters. The van der Waals surface area contributed by atoms with Crippen LogP contribution in [0.1, 0.15) is 20.7 Å². The summed E-state index contributed by atoms with van der Waals surface area (Å²) in [6, 6.07) is 10.5. The van der Waals surface area contributed by atoms with E-state index in [-0.39, 0.29) is 11.5 Å². The molecule has 0 bridgehead atoms. The SMILES string of the molecule is O=C(Nc1c(I)cc(I)c(C(=O)O)c1I)c1ccccc1.